The third kappa shape index (κ3) is 9.44. The van der Waals surface area contributed by atoms with Gasteiger partial charge in [0.15, 0.2) is 5.78 Å². The smallest absolute Gasteiger partial charge is 0.331 e. The van der Waals surface area contributed by atoms with Crippen molar-refractivity contribution in [3.63, 3.8) is 0 Å². The van der Waals surface area contributed by atoms with Gasteiger partial charge in [-0.15, -0.1) is 0 Å². The number of ether oxygens (including phenoxy) is 3. The van der Waals surface area contributed by atoms with Crippen molar-refractivity contribution < 1.29 is 33.4 Å². The van der Waals surface area contributed by atoms with E-state index < -0.39 is 36.2 Å². The standard InChI is InChI=1S/C18H24O7/c1-12-4-6-15(20)7-10-17(21)24-13(2)5-8-16(25-14(3)19)9-11-18(22)23-12/h7,9-13,16H,4-6,8H2,1-3H3/b10-7-,11-9-/t12-,13-,16+/m1/s1. The third-order valence-corrected chi connectivity index (χ3v) is 3.46. The molecular formula is C18H24O7. The molecule has 0 aromatic rings. The molecular weight excluding hydrogens is 328 g/mol. The van der Waals surface area contributed by atoms with Crippen LogP contribution < -0.4 is 0 Å². The van der Waals surface area contributed by atoms with Gasteiger partial charge in [-0.3, -0.25) is 9.59 Å². The van der Waals surface area contributed by atoms with Crippen molar-refractivity contribution in [3.8, 4) is 0 Å². The second-order valence-corrected chi connectivity index (χ2v) is 5.92. The number of esters is 3. The summed E-state index contributed by atoms with van der Waals surface area (Å²) in [6, 6.07) is 0. The first-order chi connectivity index (χ1) is 11.8. The van der Waals surface area contributed by atoms with E-state index in [4.69, 9.17) is 14.2 Å². The lowest BCUT2D eigenvalue weighted by atomic mass is 10.1. The van der Waals surface area contributed by atoms with Crippen LogP contribution in [-0.4, -0.2) is 42.0 Å². The van der Waals surface area contributed by atoms with Crippen molar-refractivity contribution in [2.45, 2.75) is 64.8 Å². The molecule has 0 saturated heterocycles. The molecule has 138 valence electrons. The number of hydrogen-bond acceptors (Lipinski definition) is 7. The Hall–Kier alpha value is -2.44. The lowest BCUT2D eigenvalue weighted by molar-refractivity contribution is -0.147. The predicted octanol–water partition coefficient (Wildman–Crippen LogP) is 2.04. The van der Waals surface area contributed by atoms with E-state index in [2.05, 4.69) is 0 Å². The molecule has 0 aliphatic carbocycles. The Morgan fingerprint density at radius 1 is 0.960 bits per heavy atom. The lowest BCUT2D eigenvalue weighted by Gasteiger charge is -2.17. The third-order valence-electron chi connectivity index (χ3n) is 3.46. The molecule has 1 aliphatic rings. The van der Waals surface area contributed by atoms with Gasteiger partial charge in [-0.2, -0.15) is 0 Å². The van der Waals surface area contributed by atoms with Crippen LogP contribution in [0.15, 0.2) is 24.3 Å². The summed E-state index contributed by atoms with van der Waals surface area (Å²) in [6.45, 7) is 4.64. The first kappa shape index (κ1) is 20.6. The maximum absolute atomic E-state index is 11.8. The summed E-state index contributed by atoms with van der Waals surface area (Å²) in [5.74, 6) is -1.90. The first-order valence-corrected chi connectivity index (χ1v) is 8.24. The number of carbonyl (C=O) groups is 4. The van der Waals surface area contributed by atoms with Crippen molar-refractivity contribution in [1.29, 1.82) is 0 Å². The lowest BCUT2D eigenvalue weighted by Crippen LogP contribution is -2.20. The molecule has 1 heterocycles. The van der Waals surface area contributed by atoms with Crippen LogP contribution in [0.4, 0.5) is 0 Å². The zero-order chi connectivity index (χ0) is 18.8. The van der Waals surface area contributed by atoms with E-state index in [1.165, 1.54) is 19.1 Å². The van der Waals surface area contributed by atoms with Gasteiger partial charge < -0.3 is 14.2 Å². The molecule has 0 spiro atoms. The van der Waals surface area contributed by atoms with Crippen molar-refractivity contribution in [1.82, 2.24) is 0 Å². The molecule has 0 fully saturated rings. The monoisotopic (exact) mass is 352 g/mol. The van der Waals surface area contributed by atoms with E-state index in [1.54, 1.807) is 13.8 Å². The SMILES string of the molecule is CC(=O)O[C@@H]1/C=C\C(=O)O[C@H](C)CCC(=O)/C=C\C(=O)O[C@H](C)CC1. The zero-order valence-corrected chi connectivity index (χ0v) is 14.7. The van der Waals surface area contributed by atoms with E-state index in [9.17, 15) is 19.2 Å². The highest BCUT2D eigenvalue weighted by molar-refractivity contribution is 5.95. The van der Waals surface area contributed by atoms with Gasteiger partial charge in [0.25, 0.3) is 0 Å². The van der Waals surface area contributed by atoms with Crippen molar-refractivity contribution >= 4 is 23.7 Å². The largest absolute Gasteiger partial charge is 0.460 e. The Morgan fingerprint density at radius 3 is 2.20 bits per heavy atom. The second-order valence-electron chi connectivity index (χ2n) is 5.92. The minimum Gasteiger partial charge on any atom is -0.460 e. The van der Waals surface area contributed by atoms with Crippen LogP contribution in [0.2, 0.25) is 0 Å². The van der Waals surface area contributed by atoms with Gasteiger partial charge in [0.2, 0.25) is 0 Å². The summed E-state index contributed by atoms with van der Waals surface area (Å²) in [5.41, 5.74) is 0. The summed E-state index contributed by atoms with van der Waals surface area (Å²) >= 11 is 0. The fraction of sp³-hybridized carbons (Fsp3) is 0.556. The molecule has 7 nitrogen and oxygen atoms in total. The molecule has 0 amide bonds. The van der Waals surface area contributed by atoms with Crippen LogP contribution in [0.1, 0.15) is 46.5 Å². The van der Waals surface area contributed by atoms with Crippen LogP contribution in [0.5, 0.6) is 0 Å². The number of hydrogen-bond donors (Lipinski definition) is 0. The van der Waals surface area contributed by atoms with Gasteiger partial charge in [-0.05, 0) is 45.3 Å². The molecule has 0 radical (unpaired) electrons. The topological polar surface area (TPSA) is 96.0 Å². The molecule has 0 bridgehead atoms. The van der Waals surface area contributed by atoms with E-state index in [-0.39, 0.29) is 12.2 Å². The molecule has 0 saturated carbocycles. The van der Waals surface area contributed by atoms with E-state index >= 15 is 0 Å². The normalized spacial score (nSPS) is 29.2. The average Bonchev–Trinajstić information content (AvgIpc) is 2.52. The predicted molar refractivity (Wildman–Crippen MR) is 88.4 cm³/mol. The highest BCUT2D eigenvalue weighted by atomic mass is 16.6. The summed E-state index contributed by atoms with van der Waals surface area (Å²) in [5, 5.41) is 0. The second kappa shape index (κ2) is 10.4. The van der Waals surface area contributed by atoms with Crippen LogP contribution in [0.3, 0.4) is 0 Å². The van der Waals surface area contributed by atoms with Gasteiger partial charge in [0, 0.05) is 25.5 Å². The fourth-order valence-corrected chi connectivity index (χ4v) is 2.18. The van der Waals surface area contributed by atoms with Crippen molar-refractivity contribution in [2.75, 3.05) is 0 Å². The van der Waals surface area contributed by atoms with Gasteiger partial charge >= 0.3 is 17.9 Å². The van der Waals surface area contributed by atoms with Crippen LogP contribution in [0.25, 0.3) is 0 Å². The zero-order valence-electron chi connectivity index (χ0n) is 14.7. The van der Waals surface area contributed by atoms with Gasteiger partial charge in [-0.25, -0.2) is 9.59 Å². The molecule has 7 heteroatoms. The number of carbonyl (C=O) groups excluding carboxylic acids is 4. The summed E-state index contributed by atoms with van der Waals surface area (Å²) in [4.78, 5) is 46.3. The van der Waals surface area contributed by atoms with Crippen LogP contribution >= 0.6 is 0 Å². The number of rotatable bonds is 1. The Bertz CT molecular complexity index is 562. The molecule has 3 atom stereocenters. The van der Waals surface area contributed by atoms with Crippen molar-refractivity contribution in [3.05, 3.63) is 24.3 Å². The Labute approximate surface area is 147 Å². The van der Waals surface area contributed by atoms with Crippen LogP contribution in [0, 0.1) is 0 Å². The number of allylic oxidation sites excluding steroid dienone is 1. The van der Waals surface area contributed by atoms with E-state index in [0.29, 0.717) is 19.3 Å². The highest BCUT2D eigenvalue weighted by Crippen LogP contribution is 2.12. The molecule has 0 aromatic heterocycles. The van der Waals surface area contributed by atoms with Gasteiger partial charge in [-0.1, -0.05) is 0 Å². The molecule has 0 aromatic carbocycles. The maximum Gasteiger partial charge on any atom is 0.331 e. The number of cyclic esters (lactones) is 2. The average molecular weight is 352 g/mol. The molecule has 0 N–H and O–H groups in total. The molecule has 0 unspecified atom stereocenters. The molecule has 1 aliphatic heterocycles. The molecule has 25 heavy (non-hydrogen) atoms. The van der Waals surface area contributed by atoms with Crippen molar-refractivity contribution in [2.24, 2.45) is 0 Å². The summed E-state index contributed by atoms with van der Waals surface area (Å²) < 4.78 is 15.4. The minimum absolute atomic E-state index is 0.146. The van der Waals surface area contributed by atoms with Gasteiger partial charge in [0.05, 0.1) is 12.2 Å². The number of ketones is 1. The Morgan fingerprint density at radius 2 is 1.56 bits per heavy atom. The summed E-state index contributed by atoms with van der Waals surface area (Å²) in [7, 11) is 0. The van der Waals surface area contributed by atoms with E-state index in [1.807, 2.05) is 0 Å². The minimum atomic E-state index is -0.619. The van der Waals surface area contributed by atoms with Gasteiger partial charge in [0.1, 0.15) is 6.10 Å². The van der Waals surface area contributed by atoms with Crippen LogP contribution in [-0.2, 0) is 33.4 Å². The molecule has 1 rings (SSSR count). The summed E-state index contributed by atoms with van der Waals surface area (Å²) in [6.07, 6.45) is 4.66. The first-order valence-electron chi connectivity index (χ1n) is 8.24. The highest BCUT2D eigenvalue weighted by Gasteiger charge is 2.16. The Balaban J connectivity index is 2.85. The van der Waals surface area contributed by atoms with E-state index in [0.717, 1.165) is 12.2 Å². The fourth-order valence-electron chi connectivity index (χ4n) is 2.18. The maximum atomic E-state index is 11.8. The quantitative estimate of drug-likeness (QED) is 0.526. The Kier molecular flexibility index (Phi) is 8.60.